The lowest BCUT2D eigenvalue weighted by Gasteiger charge is -2.09. The third kappa shape index (κ3) is 3.48. The molecule has 2 aromatic rings. The zero-order valence-electron chi connectivity index (χ0n) is 11.4. The Kier molecular flexibility index (Phi) is 4.36. The minimum atomic E-state index is -0.526. The van der Waals surface area contributed by atoms with Crippen LogP contribution in [0.5, 0.6) is 5.75 Å². The van der Waals surface area contributed by atoms with E-state index >= 15 is 0 Å². The van der Waals surface area contributed by atoms with Gasteiger partial charge in [-0.15, -0.1) is 0 Å². The molecule has 0 unspecified atom stereocenters. The topological polar surface area (TPSA) is 88.2 Å². The van der Waals surface area contributed by atoms with E-state index in [1.807, 2.05) is 37.3 Å². The third-order valence-electron chi connectivity index (χ3n) is 2.78. The molecule has 0 atom stereocenters. The van der Waals surface area contributed by atoms with Crippen LogP contribution in [0.15, 0.2) is 42.5 Å². The molecule has 2 rings (SSSR count). The van der Waals surface area contributed by atoms with Gasteiger partial charge in [-0.3, -0.25) is 10.1 Å². The number of nitrogens with one attached hydrogen (secondary N) is 1. The number of nitrogens with zero attached hydrogens (tertiary/aromatic N) is 2. The van der Waals surface area contributed by atoms with Gasteiger partial charge in [-0.25, -0.2) is 0 Å². The maximum Gasteiger partial charge on any atom is 0.270 e. The first kappa shape index (κ1) is 14.3. The van der Waals surface area contributed by atoms with E-state index in [0.717, 1.165) is 11.4 Å². The molecule has 6 nitrogen and oxygen atoms in total. The van der Waals surface area contributed by atoms with E-state index in [2.05, 4.69) is 5.32 Å². The van der Waals surface area contributed by atoms with Crippen molar-refractivity contribution in [3.05, 3.63) is 58.1 Å². The molecule has 106 valence electrons. The Morgan fingerprint density at radius 1 is 1.29 bits per heavy atom. The molecule has 0 saturated heterocycles. The van der Waals surface area contributed by atoms with Gasteiger partial charge in [0.25, 0.3) is 5.69 Å². The molecule has 0 aliphatic rings. The standard InChI is InChI=1S/C15H13N3O3/c1-2-21-14-6-3-12(4-7-14)17-15-8-5-13(18(19)20)9-11(15)10-16/h3-9,17H,2H2,1H3. The Hall–Kier alpha value is -3.07. The molecule has 1 N–H and O–H groups in total. The highest BCUT2D eigenvalue weighted by Crippen LogP contribution is 2.25. The number of hydrogen-bond donors (Lipinski definition) is 1. The van der Waals surface area contributed by atoms with Crippen LogP contribution in [0.25, 0.3) is 0 Å². The molecule has 2 aromatic carbocycles. The summed E-state index contributed by atoms with van der Waals surface area (Å²) in [6.45, 7) is 2.50. The Labute approximate surface area is 121 Å². The van der Waals surface area contributed by atoms with Crippen molar-refractivity contribution in [3.63, 3.8) is 0 Å². The second kappa shape index (κ2) is 6.39. The van der Waals surface area contributed by atoms with Gasteiger partial charge >= 0.3 is 0 Å². The Bertz CT molecular complexity index is 690. The van der Waals surface area contributed by atoms with E-state index in [-0.39, 0.29) is 11.3 Å². The SMILES string of the molecule is CCOc1ccc(Nc2ccc([N+](=O)[O-])cc2C#N)cc1. The van der Waals surface area contributed by atoms with E-state index in [4.69, 9.17) is 10.00 Å². The number of hydrogen-bond acceptors (Lipinski definition) is 5. The van der Waals surface area contributed by atoms with E-state index in [9.17, 15) is 10.1 Å². The van der Waals surface area contributed by atoms with E-state index in [0.29, 0.717) is 12.3 Å². The molecule has 21 heavy (non-hydrogen) atoms. The fourth-order valence-corrected chi connectivity index (χ4v) is 1.80. The van der Waals surface area contributed by atoms with Crippen LogP contribution in [-0.4, -0.2) is 11.5 Å². The number of benzene rings is 2. The molecule has 0 bridgehead atoms. The summed E-state index contributed by atoms with van der Waals surface area (Å²) in [7, 11) is 0. The molecule has 0 fully saturated rings. The van der Waals surface area contributed by atoms with Crippen molar-refractivity contribution in [3.8, 4) is 11.8 Å². The summed E-state index contributed by atoms with van der Waals surface area (Å²) in [5, 5.41) is 22.8. The highest BCUT2D eigenvalue weighted by Gasteiger charge is 2.10. The van der Waals surface area contributed by atoms with Crippen molar-refractivity contribution in [1.29, 1.82) is 5.26 Å². The first-order valence-corrected chi connectivity index (χ1v) is 6.32. The van der Waals surface area contributed by atoms with Crippen LogP contribution < -0.4 is 10.1 Å². The van der Waals surface area contributed by atoms with Gasteiger partial charge in [-0.1, -0.05) is 0 Å². The van der Waals surface area contributed by atoms with E-state index in [1.165, 1.54) is 18.2 Å². The van der Waals surface area contributed by atoms with Crippen LogP contribution in [0.4, 0.5) is 17.1 Å². The van der Waals surface area contributed by atoms with Gasteiger partial charge in [-0.05, 0) is 37.3 Å². The first-order valence-electron chi connectivity index (χ1n) is 6.32. The van der Waals surface area contributed by atoms with Crippen molar-refractivity contribution in [2.75, 3.05) is 11.9 Å². The van der Waals surface area contributed by atoms with Crippen molar-refractivity contribution in [1.82, 2.24) is 0 Å². The predicted octanol–water partition coefficient (Wildman–Crippen LogP) is 3.61. The first-order chi connectivity index (χ1) is 10.1. The molecule has 0 aromatic heterocycles. The lowest BCUT2D eigenvalue weighted by atomic mass is 10.1. The lowest BCUT2D eigenvalue weighted by Crippen LogP contribution is -1.96. The maximum atomic E-state index is 10.7. The molecule has 0 saturated carbocycles. The van der Waals surface area contributed by atoms with Gasteiger partial charge in [0, 0.05) is 17.8 Å². The summed E-state index contributed by atoms with van der Waals surface area (Å²) in [4.78, 5) is 10.2. The monoisotopic (exact) mass is 283 g/mol. The van der Waals surface area contributed by atoms with Gasteiger partial charge in [0.2, 0.25) is 0 Å². The van der Waals surface area contributed by atoms with Crippen LogP contribution in [0.3, 0.4) is 0 Å². The smallest absolute Gasteiger partial charge is 0.270 e. The largest absolute Gasteiger partial charge is 0.494 e. The minimum Gasteiger partial charge on any atom is -0.494 e. The Balaban J connectivity index is 2.23. The van der Waals surface area contributed by atoms with Crippen molar-refractivity contribution in [2.45, 2.75) is 6.92 Å². The molecular formula is C15H13N3O3. The number of ether oxygens (including phenoxy) is 1. The average molecular weight is 283 g/mol. The van der Waals surface area contributed by atoms with Crippen LogP contribution in [-0.2, 0) is 0 Å². The Morgan fingerprint density at radius 3 is 2.57 bits per heavy atom. The minimum absolute atomic E-state index is 0.108. The van der Waals surface area contributed by atoms with Crippen molar-refractivity contribution in [2.24, 2.45) is 0 Å². The number of non-ortho nitro benzene ring substituents is 1. The highest BCUT2D eigenvalue weighted by atomic mass is 16.6. The quantitative estimate of drug-likeness (QED) is 0.669. The summed E-state index contributed by atoms with van der Waals surface area (Å²) < 4.78 is 5.34. The van der Waals surface area contributed by atoms with Crippen LogP contribution >= 0.6 is 0 Å². The van der Waals surface area contributed by atoms with Gasteiger partial charge in [-0.2, -0.15) is 5.26 Å². The third-order valence-corrected chi connectivity index (χ3v) is 2.78. The molecule has 0 radical (unpaired) electrons. The van der Waals surface area contributed by atoms with Gasteiger partial charge in [0.05, 0.1) is 22.8 Å². The molecule has 6 heteroatoms. The molecule has 0 amide bonds. The number of nitriles is 1. The summed E-state index contributed by atoms with van der Waals surface area (Å²) in [6.07, 6.45) is 0. The highest BCUT2D eigenvalue weighted by molar-refractivity contribution is 5.68. The fraction of sp³-hybridized carbons (Fsp3) is 0.133. The zero-order valence-corrected chi connectivity index (χ0v) is 11.4. The normalized spacial score (nSPS) is 9.71. The Morgan fingerprint density at radius 2 is 2.00 bits per heavy atom. The molecule has 0 aliphatic carbocycles. The van der Waals surface area contributed by atoms with Crippen LogP contribution in [0.2, 0.25) is 0 Å². The molecule has 0 heterocycles. The van der Waals surface area contributed by atoms with Crippen LogP contribution in [0.1, 0.15) is 12.5 Å². The average Bonchev–Trinajstić information content (AvgIpc) is 2.49. The van der Waals surface area contributed by atoms with E-state index in [1.54, 1.807) is 0 Å². The molecule has 0 aliphatic heterocycles. The maximum absolute atomic E-state index is 10.7. The predicted molar refractivity (Wildman–Crippen MR) is 78.7 cm³/mol. The van der Waals surface area contributed by atoms with E-state index < -0.39 is 4.92 Å². The van der Waals surface area contributed by atoms with Gasteiger partial charge in [0.1, 0.15) is 11.8 Å². The summed E-state index contributed by atoms with van der Waals surface area (Å²) >= 11 is 0. The second-order valence-electron chi connectivity index (χ2n) is 4.18. The van der Waals surface area contributed by atoms with Crippen molar-refractivity contribution >= 4 is 17.1 Å². The number of nitro groups is 1. The number of nitro benzene ring substituents is 1. The number of anilines is 2. The summed E-state index contributed by atoms with van der Waals surface area (Å²) in [5.74, 6) is 0.757. The molecule has 0 spiro atoms. The second-order valence-corrected chi connectivity index (χ2v) is 4.18. The van der Waals surface area contributed by atoms with Crippen molar-refractivity contribution < 1.29 is 9.66 Å². The number of rotatable bonds is 5. The lowest BCUT2D eigenvalue weighted by molar-refractivity contribution is -0.384. The summed E-state index contributed by atoms with van der Waals surface area (Å²) in [6, 6.07) is 13.3. The summed E-state index contributed by atoms with van der Waals surface area (Å²) in [5.41, 5.74) is 1.40. The van der Waals surface area contributed by atoms with Crippen LogP contribution in [0, 0.1) is 21.4 Å². The fourth-order valence-electron chi connectivity index (χ4n) is 1.80. The van der Waals surface area contributed by atoms with Gasteiger partial charge in [0.15, 0.2) is 0 Å². The molecular weight excluding hydrogens is 270 g/mol. The zero-order chi connectivity index (χ0) is 15.2. The van der Waals surface area contributed by atoms with Gasteiger partial charge < -0.3 is 10.1 Å².